The van der Waals surface area contributed by atoms with Crippen LogP contribution in [0.25, 0.3) is 11.5 Å². The van der Waals surface area contributed by atoms with Crippen LogP contribution in [0.4, 0.5) is 8.78 Å². The van der Waals surface area contributed by atoms with E-state index in [-0.39, 0.29) is 18.1 Å². The Morgan fingerprint density at radius 2 is 1.86 bits per heavy atom. The van der Waals surface area contributed by atoms with E-state index in [9.17, 15) is 22.0 Å². The van der Waals surface area contributed by atoms with Crippen molar-refractivity contribution in [3.63, 3.8) is 0 Å². The number of sulfone groups is 1. The van der Waals surface area contributed by atoms with Crippen molar-refractivity contribution in [1.29, 1.82) is 0 Å². The summed E-state index contributed by atoms with van der Waals surface area (Å²) in [6.45, 7) is 1.36. The summed E-state index contributed by atoms with van der Waals surface area (Å²) in [5.41, 5.74) is 1.13. The average molecular weight is 420 g/mol. The predicted octanol–water partition coefficient (Wildman–Crippen LogP) is 3.24. The molecule has 0 bridgehead atoms. The van der Waals surface area contributed by atoms with Crippen LogP contribution in [0.3, 0.4) is 0 Å². The third kappa shape index (κ3) is 5.26. The van der Waals surface area contributed by atoms with E-state index in [0.29, 0.717) is 11.1 Å². The summed E-state index contributed by atoms with van der Waals surface area (Å²) in [5, 5.41) is 1.20. The molecular formula is C20H18F2N2O4S. The molecular weight excluding hydrogens is 402 g/mol. The highest BCUT2D eigenvalue weighted by molar-refractivity contribution is 7.92. The van der Waals surface area contributed by atoms with Crippen molar-refractivity contribution in [3.8, 4) is 11.5 Å². The number of nitrogens with one attached hydrogen (secondary N) is 1. The van der Waals surface area contributed by atoms with Crippen LogP contribution >= 0.6 is 0 Å². The number of carbonyl (C=O) groups excluding carboxylic acids is 1. The largest absolute Gasteiger partial charge is 0.444 e. The molecule has 1 unspecified atom stereocenters. The molecule has 0 saturated heterocycles. The van der Waals surface area contributed by atoms with Crippen molar-refractivity contribution in [2.45, 2.75) is 24.5 Å². The van der Waals surface area contributed by atoms with Crippen molar-refractivity contribution in [3.05, 3.63) is 77.7 Å². The molecule has 1 heterocycles. The first-order valence-corrected chi connectivity index (χ1v) is 10.4. The van der Waals surface area contributed by atoms with Gasteiger partial charge in [0.1, 0.15) is 23.1 Å². The first-order chi connectivity index (χ1) is 13.7. The van der Waals surface area contributed by atoms with Crippen molar-refractivity contribution in [2.75, 3.05) is 0 Å². The van der Waals surface area contributed by atoms with Gasteiger partial charge in [-0.25, -0.2) is 22.2 Å². The normalized spacial score (nSPS) is 12.5. The van der Waals surface area contributed by atoms with E-state index in [1.807, 2.05) is 0 Å². The van der Waals surface area contributed by atoms with Gasteiger partial charge < -0.3 is 9.73 Å². The maximum absolute atomic E-state index is 13.3. The minimum absolute atomic E-state index is 0.0760. The Labute approximate surface area is 166 Å². The number of nitrogens with zero attached hydrogens (tertiary/aromatic N) is 1. The minimum Gasteiger partial charge on any atom is -0.444 e. The molecule has 3 rings (SSSR count). The van der Waals surface area contributed by atoms with Crippen LogP contribution in [-0.2, 0) is 26.9 Å². The van der Waals surface area contributed by atoms with Gasteiger partial charge in [-0.3, -0.25) is 4.79 Å². The van der Waals surface area contributed by atoms with Gasteiger partial charge in [-0.15, -0.1) is 0 Å². The molecule has 3 aromatic rings. The molecule has 0 aliphatic rings. The number of aromatic nitrogens is 1. The Hall–Kier alpha value is -3.07. The predicted molar refractivity (Wildman–Crippen MR) is 102 cm³/mol. The standard InChI is InChI=1S/C20H18F2N2O4S/c1-13(19(25)23-10-14-5-7-16(21)8-6-14)29(26,27)12-18-11-28-20(24-18)15-3-2-4-17(22)9-15/h2-9,11,13H,10,12H2,1H3,(H,23,25). The van der Waals surface area contributed by atoms with E-state index >= 15 is 0 Å². The molecule has 1 atom stereocenters. The quantitative estimate of drug-likeness (QED) is 0.634. The van der Waals surface area contributed by atoms with E-state index in [1.165, 1.54) is 55.7 Å². The van der Waals surface area contributed by atoms with Gasteiger partial charge >= 0.3 is 0 Å². The lowest BCUT2D eigenvalue weighted by Gasteiger charge is -2.12. The fraction of sp³-hybridized carbons (Fsp3) is 0.200. The second kappa shape index (κ2) is 8.52. The molecule has 152 valence electrons. The summed E-state index contributed by atoms with van der Waals surface area (Å²) in [6, 6.07) is 11.1. The third-order valence-electron chi connectivity index (χ3n) is 4.26. The lowest BCUT2D eigenvalue weighted by Crippen LogP contribution is -2.38. The van der Waals surface area contributed by atoms with Crippen molar-refractivity contribution < 1.29 is 26.4 Å². The van der Waals surface area contributed by atoms with Crippen LogP contribution in [0.15, 0.2) is 59.2 Å². The monoisotopic (exact) mass is 420 g/mol. The minimum atomic E-state index is -3.87. The Morgan fingerprint density at radius 1 is 1.14 bits per heavy atom. The fourth-order valence-corrected chi connectivity index (χ4v) is 3.76. The number of hydrogen-bond acceptors (Lipinski definition) is 5. The Bertz CT molecular complexity index is 1110. The molecule has 1 N–H and O–H groups in total. The van der Waals surface area contributed by atoms with Crippen LogP contribution in [-0.4, -0.2) is 24.6 Å². The molecule has 29 heavy (non-hydrogen) atoms. The average Bonchev–Trinajstić information content (AvgIpc) is 3.14. The van der Waals surface area contributed by atoms with E-state index in [0.717, 1.165) is 0 Å². The van der Waals surface area contributed by atoms with E-state index in [1.54, 1.807) is 6.07 Å². The highest BCUT2D eigenvalue weighted by atomic mass is 32.2. The number of rotatable bonds is 7. The van der Waals surface area contributed by atoms with Gasteiger partial charge in [0.05, 0.1) is 11.4 Å². The van der Waals surface area contributed by atoms with Crippen molar-refractivity contribution in [2.24, 2.45) is 0 Å². The van der Waals surface area contributed by atoms with E-state index < -0.39 is 38.4 Å². The van der Waals surface area contributed by atoms with Crippen LogP contribution in [0, 0.1) is 11.6 Å². The first kappa shape index (κ1) is 20.7. The van der Waals surface area contributed by atoms with Gasteiger partial charge in [0.25, 0.3) is 0 Å². The highest BCUT2D eigenvalue weighted by Crippen LogP contribution is 2.21. The van der Waals surface area contributed by atoms with Crippen molar-refractivity contribution >= 4 is 15.7 Å². The number of amides is 1. The summed E-state index contributed by atoms with van der Waals surface area (Å²) < 4.78 is 56.5. The SMILES string of the molecule is CC(C(=O)NCc1ccc(F)cc1)S(=O)(=O)Cc1coc(-c2cccc(F)c2)n1. The number of halogens is 2. The van der Waals surface area contributed by atoms with Crippen LogP contribution < -0.4 is 5.32 Å². The zero-order valence-electron chi connectivity index (χ0n) is 15.4. The summed E-state index contributed by atoms with van der Waals surface area (Å²) in [6.07, 6.45) is 1.17. The molecule has 1 amide bonds. The molecule has 9 heteroatoms. The molecule has 0 radical (unpaired) electrons. The summed E-state index contributed by atoms with van der Waals surface area (Å²) in [7, 11) is -3.87. The number of oxazole rings is 1. The Kier molecular flexibility index (Phi) is 6.07. The van der Waals surface area contributed by atoms with Crippen LogP contribution in [0.2, 0.25) is 0 Å². The number of hydrogen-bond donors (Lipinski definition) is 1. The zero-order valence-corrected chi connectivity index (χ0v) is 16.2. The molecule has 0 aliphatic carbocycles. The van der Waals surface area contributed by atoms with Gasteiger partial charge in [-0.2, -0.15) is 0 Å². The molecule has 6 nitrogen and oxygen atoms in total. The Morgan fingerprint density at radius 3 is 2.55 bits per heavy atom. The van der Waals surface area contributed by atoms with E-state index in [2.05, 4.69) is 10.3 Å². The van der Waals surface area contributed by atoms with Gasteiger partial charge in [0, 0.05) is 12.1 Å². The molecule has 1 aromatic heterocycles. The lowest BCUT2D eigenvalue weighted by molar-refractivity contribution is -0.120. The third-order valence-corrected chi connectivity index (χ3v) is 6.25. The molecule has 0 fully saturated rings. The van der Waals surface area contributed by atoms with Gasteiger partial charge in [0.2, 0.25) is 11.8 Å². The smallest absolute Gasteiger partial charge is 0.238 e. The maximum Gasteiger partial charge on any atom is 0.238 e. The van der Waals surface area contributed by atoms with Gasteiger partial charge in [0.15, 0.2) is 9.84 Å². The molecule has 0 aliphatic heterocycles. The Balaban J connectivity index is 1.64. The van der Waals surface area contributed by atoms with Crippen LogP contribution in [0.1, 0.15) is 18.2 Å². The lowest BCUT2D eigenvalue weighted by atomic mass is 10.2. The molecule has 2 aromatic carbocycles. The number of carbonyl (C=O) groups is 1. The molecule has 0 spiro atoms. The summed E-state index contributed by atoms with van der Waals surface area (Å²) >= 11 is 0. The summed E-state index contributed by atoms with van der Waals surface area (Å²) in [5.74, 6) is -1.97. The van der Waals surface area contributed by atoms with Crippen molar-refractivity contribution in [1.82, 2.24) is 10.3 Å². The second-order valence-corrected chi connectivity index (χ2v) is 8.77. The van der Waals surface area contributed by atoms with E-state index in [4.69, 9.17) is 4.42 Å². The maximum atomic E-state index is 13.3. The van der Waals surface area contributed by atoms with Crippen LogP contribution in [0.5, 0.6) is 0 Å². The zero-order chi connectivity index (χ0) is 21.0. The topological polar surface area (TPSA) is 89.3 Å². The summed E-state index contributed by atoms with van der Waals surface area (Å²) in [4.78, 5) is 16.3. The number of benzene rings is 2. The second-order valence-electron chi connectivity index (χ2n) is 6.45. The fourth-order valence-electron chi connectivity index (χ4n) is 2.56. The van der Waals surface area contributed by atoms with Gasteiger partial charge in [-0.1, -0.05) is 18.2 Å². The van der Waals surface area contributed by atoms with Gasteiger partial charge in [-0.05, 0) is 42.8 Å². The highest BCUT2D eigenvalue weighted by Gasteiger charge is 2.29. The molecule has 0 saturated carbocycles. The first-order valence-electron chi connectivity index (χ1n) is 8.68.